The molecule has 0 spiro atoms. The first-order valence-electron chi connectivity index (χ1n) is 6.78. The number of rotatable bonds is 5. The number of carbonyl (C=O) groups excluding carboxylic acids is 1. The smallest absolute Gasteiger partial charge is 0.257 e. The molecule has 20 heavy (non-hydrogen) atoms. The molecule has 1 aliphatic heterocycles. The molecule has 0 bridgehead atoms. The second-order valence-electron chi connectivity index (χ2n) is 4.94. The first kappa shape index (κ1) is 14.6. The first-order chi connectivity index (χ1) is 9.63. The van der Waals surface area contributed by atoms with E-state index in [1.807, 2.05) is 0 Å². The Hall–Kier alpha value is -1.79. The van der Waals surface area contributed by atoms with Crippen LogP contribution in [0.2, 0.25) is 0 Å². The van der Waals surface area contributed by atoms with Crippen molar-refractivity contribution in [3.8, 4) is 11.5 Å². The highest BCUT2D eigenvalue weighted by molar-refractivity contribution is 5.97. The van der Waals surface area contributed by atoms with Gasteiger partial charge in [-0.25, -0.2) is 0 Å². The number of hydrogen-bond acceptors (Lipinski definition) is 5. The van der Waals surface area contributed by atoms with E-state index in [2.05, 4.69) is 5.32 Å². The summed E-state index contributed by atoms with van der Waals surface area (Å²) in [7, 11) is 0. The highest BCUT2D eigenvalue weighted by atomic mass is 16.3. The number of nitrogens with zero attached hydrogens (tertiary/aromatic N) is 1. The number of aliphatic hydroxyl groups is 1. The number of benzene rings is 1. The molecule has 1 aromatic rings. The summed E-state index contributed by atoms with van der Waals surface area (Å²) in [5.74, 6) is -1.13. The Bertz CT molecular complexity index is 472. The molecule has 1 heterocycles. The van der Waals surface area contributed by atoms with Crippen LogP contribution in [-0.4, -0.2) is 58.4 Å². The Morgan fingerprint density at radius 1 is 1.40 bits per heavy atom. The van der Waals surface area contributed by atoms with Crippen molar-refractivity contribution in [3.05, 3.63) is 23.8 Å². The Morgan fingerprint density at radius 2 is 2.20 bits per heavy atom. The number of nitrogens with one attached hydrogen (secondary N) is 1. The minimum absolute atomic E-state index is 0.0523. The maximum Gasteiger partial charge on any atom is 0.257 e. The molecule has 0 aliphatic carbocycles. The standard InChI is InChI=1S/C14H20N2O4/c17-8-7-16(9-10-3-2-6-15-10)14(20)11-4-1-5-12(18)13(11)19/h1,4-5,10,15,17-19H,2-3,6-9H2. The summed E-state index contributed by atoms with van der Waals surface area (Å²) < 4.78 is 0. The van der Waals surface area contributed by atoms with Crippen LogP contribution in [0.5, 0.6) is 11.5 Å². The van der Waals surface area contributed by atoms with Gasteiger partial charge in [0.05, 0.1) is 12.2 Å². The lowest BCUT2D eigenvalue weighted by atomic mass is 10.1. The number of hydrogen-bond donors (Lipinski definition) is 4. The lowest BCUT2D eigenvalue weighted by Gasteiger charge is -2.25. The molecule has 0 saturated carbocycles. The number of phenols is 2. The van der Waals surface area contributed by atoms with E-state index in [-0.39, 0.29) is 36.4 Å². The Labute approximate surface area is 117 Å². The Balaban J connectivity index is 2.14. The van der Waals surface area contributed by atoms with Gasteiger partial charge in [0.2, 0.25) is 0 Å². The molecule has 6 heteroatoms. The molecule has 1 saturated heterocycles. The van der Waals surface area contributed by atoms with E-state index in [9.17, 15) is 15.0 Å². The van der Waals surface area contributed by atoms with E-state index < -0.39 is 5.75 Å². The zero-order valence-electron chi connectivity index (χ0n) is 11.2. The van der Waals surface area contributed by atoms with Crippen LogP contribution in [0.3, 0.4) is 0 Å². The maximum absolute atomic E-state index is 12.4. The van der Waals surface area contributed by atoms with Crippen molar-refractivity contribution < 1.29 is 20.1 Å². The summed E-state index contributed by atoms with van der Waals surface area (Å²) in [4.78, 5) is 13.9. The van der Waals surface area contributed by atoms with Crippen LogP contribution >= 0.6 is 0 Å². The lowest BCUT2D eigenvalue weighted by Crippen LogP contribution is -2.42. The lowest BCUT2D eigenvalue weighted by molar-refractivity contribution is 0.0703. The van der Waals surface area contributed by atoms with Crippen molar-refractivity contribution in [2.75, 3.05) is 26.2 Å². The summed E-state index contributed by atoms with van der Waals surface area (Å²) in [6.07, 6.45) is 2.06. The third-order valence-electron chi connectivity index (χ3n) is 3.51. The van der Waals surface area contributed by atoms with Crippen molar-refractivity contribution in [2.45, 2.75) is 18.9 Å². The summed E-state index contributed by atoms with van der Waals surface area (Å²) >= 11 is 0. The van der Waals surface area contributed by atoms with Gasteiger partial charge in [-0.3, -0.25) is 4.79 Å². The number of aromatic hydroxyl groups is 2. The molecule has 0 radical (unpaired) electrons. The monoisotopic (exact) mass is 280 g/mol. The highest BCUT2D eigenvalue weighted by Gasteiger charge is 2.24. The van der Waals surface area contributed by atoms with Gasteiger partial charge in [0.1, 0.15) is 0 Å². The van der Waals surface area contributed by atoms with Crippen molar-refractivity contribution in [2.24, 2.45) is 0 Å². The Kier molecular flexibility index (Phi) is 4.81. The normalized spacial score (nSPS) is 18.1. The van der Waals surface area contributed by atoms with Crippen molar-refractivity contribution >= 4 is 5.91 Å². The summed E-state index contributed by atoms with van der Waals surface area (Å²) in [5.41, 5.74) is 0.0523. The predicted molar refractivity (Wildman–Crippen MR) is 73.8 cm³/mol. The quantitative estimate of drug-likeness (QED) is 0.582. The van der Waals surface area contributed by atoms with Gasteiger partial charge in [-0.2, -0.15) is 0 Å². The molecule has 1 unspecified atom stereocenters. The van der Waals surface area contributed by atoms with Crippen molar-refractivity contribution in [1.29, 1.82) is 0 Å². The molecular formula is C14H20N2O4. The molecule has 0 aromatic heterocycles. The summed E-state index contributed by atoms with van der Waals surface area (Å²) in [5, 5.41) is 31.6. The SMILES string of the molecule is O=C(c1cccc(O)c1O)N(CCO)CC1CCCN1. The van der Waals surface area contributed by atoms with Crippen molar-refractivity contribution in [1.82, 2.24) is 10.2 Å². The van der Waals surface area contributed by atoms with E-state index in [4.69, 9.17) is 5.11 Å². The van der Waals surface area contributed by atoms with Crippen LogP contribution in [0.15, 0.2) is 18.2 Å². The van der Waals surface area contributed by atoms with Gasteiger partial charge in [-0.15, -0.1) is 0 Å². The minimum atomic E-state index is -0.417. The summed E-state index contributed by atoms with van der Waals surface area (Å²) in [6, 6.07) is 4.50. The van der Waals surface area contributed by atoms with Gasteiger partial charge in [-0.1, -0.05) is 6.07 Å². The van der Waals surface area contributed by atoms with Crippen LogP contribution in [0, 0.1) is 0 Å². The second-order valence-corrected chi connectivity index (χ2v) is 4.94. The molecule has 1 amide bonds. The van der Waals surface area contributed by atoms with Crippen LogP contribution < -0.4 is 5.32 Å². The number of aliphatic hydroxyl groups excluding tert-OH is 1. The van der Waals surface area contributed by atoms with E-state index in [1.54, 1.807) is 0 Å². The van der Waals surface area contributed by atoms with E-state index in [1.165, 1.54) is 23.1 Å². The molecule has 1 atom stereocenters. The number of phenolic OH excluding ortho intramolecular Hbond substituents is 2. The predicted octanol–water partition coefficient (Wildman–Crippen LogP) is 0.284. The maximum atomic E-state index is 12.4. The third-order valence-corrected chi connectivity index (χ3v) is 3.51. The van der Waals surface area contributed by atoms with Crippen LogP contribution in [0.25, 0.3) is 0 Å². The molecule has 6 nitrogen and oxygen atoms in total. The molecular weight excluding hydrogens is 260 g/mol. The fourth-order valence-corrected chi connectivity index (χ4v) is 2.45. The van der Waals surface area contributed by atoms with Crippen LogP contribution in [0.4, 0.5) is 0 Å². The molecule has 1 fully saturated rings. The second kappa shape index (κ2) is 6.58. The van der Waals surface area contributed by atoms with Gasteiger partial charge in [-0.05, 0) is 31.5 Å². The average Bonchev–Trinajstić information content (AvgIpc) is 2.94. The first-order valence-corrected chi connectivity index (χ1v) is 6.78. The van der Waals surface area contributed by atoms with Crippen LogP contribution in [0.1, 0.15) is 23.2 Å². The van der Waals surface area contributed by atoms with Gasteiger partial charge < -0.3 is 25.5 Å². The zero-order valence-corrected chi connectivity index (χ0v) is 11.2. The van der Waals surface area contributed by atoms with Gasteiger partial charge >= 0.3 is 0 Å². The summed E-state index contributed by atoms with van der Waals surface area (Å²) in [6.45, 7) is 1.47. The van der Waals surface area contributed by atoms with E-state index in [0.717, 1.165) is 19.4 Å². The number of para-hydroxylation sites is 1. The van der Waals surface area contributed by atoms with E-state index >= 15 is 0 Å². The highest BCUT2D eigenvalue weighted by Crippen LogP contribution is 2.29. The fourth-order valence-electron chi connectivity index (χ4n) is 2.45. The largest absolute Gasteiger partial charge is 0.504 e. The Morgan fingerprint density at radius 3 is 2.85 bits per heavy atom. The number of amides is 1. The molecule has 110 valence electrons. The molecule has 1 aliphatic rings. The van der Waals surface area contributed by atoms with Gasteiger partial charge in [0, 0.05) is 19.1 Å². The topological polar surface area (TPSA) is 93.0 Å². The molecule has 1 aromatic carbocycles. The molecule has 2 rings (SSSR count). The van der Waals surface area contributed by atoms with Crippen LogP contribution in [-0.2, 0) is 0 Å². The zero-order chi connectivity index (χ0) is 14.5. The minimum Gasteiger partial charge on any atom is -0.504 e. The fraction of sp³-hybridized carbons (Fsp3) is 0.500. The number of carbonyl (C=O) groups is 1. The van der Waals surface area contributed by atoms with E-state index in [0.29, 0.717) is 6.54 Å². The molecule has 4 N–H and O–H groups in total. The third kappa shape index (κ3) is 3.20. The van der Waals surface area contributed by atoms with Gasteiger partial charge in [0.15, 0.2) is 11.5 Å². The average molecular weight is 280 g/mol. The van der Waals surface area contributed by atoms with Crippen molar-refractivity contribution in [3.63, 3.8) is 0 Å². The van der Waals surface area contributed by atoms with Gasteiger partial charge in [0.25, 0.3) is 5.91 Å².